The van der Waals surface area contributed by atoms with E-state index in [9.17, 15) is 0 Å². The third-order valence-corrected chi connectivity index (χ3v) is 3.00. The number of nitrogens with one attached hydrogen (secondary N) is 1. The molecule has 90 valence electrons. The Balaban J connectivity index is 1.83. The summed E-state index contributed by atoms with van der Waals surface area (Å²) in [5, 5.41) is 7.82. The lowest BCUT2D eigenvalue weighted by Gasteiger charge is -2.14. The molecule has 0 aliphatic heterocycles. The van der Waals surface area contributed by atoms with Crippen LogP contribution in [-0.4, -0.2) is 27.4 Å². The molecule has 4 nitrogen and oxygen atoms in total. The molecule has 0 aromatic carbocycles. The van der Waals surface area contributed by atoms with Gasteiger partial charge in [-0.2, -0.15) is 5.10 Å². The first kappa shape index (κ1) is 11.6. The van der Waals surface area contributed by atoms with Crippen LogP contribution in [0.3, 0.4) is 0 Å². The molecule has 16 heavy (non-hydrogen) atoms. The summed E-state index contributed by atoms with van der Waals surface area (Å²) in [5.41, 5.74) is 0. The van der Waals surface area contributed by atoms with Crippen molar-refractivity contribution in [1.29, 1.82) is 0 Å². The van der Waals surface area contributed by atoms with Gasteiger partial charge in [-0.15, -0.1) is 0 Å². The van der Waals surface area contributed by atoms with Gasteiger partial charge in [-0.25, -0.2) is 9.67 Å². The van der Waals surface area contributed by atoms with E-state index in [1.807, 2.05) is 4.68 Å². The Kier molecular flexibility index (Phi) is 3.59. The van der Waals surface area contributed by atoms with Crippen LogP contribution >= 0.6 is 0 Å². The van der Waals surface area contributed by atoms with Gasteiger partial charge in [-0.1, -0.05) is 6.92 Å². The summed E-state index contributed by atoms with van der Waals surface area (Å²) >= 11 is 0. The maximum Gasteiger partial charge on any atom is 0.138 e. The second kappa shape index (κ2) is 4.95. The lowest BCUT2D eigenvalue weighted by atomic mass is 10.1. The quantitative estimate of drug-likeness (QED) is 0.798. The molecule has 1 N–H and O–H groups in total. The molecule has 1 aliphatic carbocycles. The number of hydrogen-bond acceptors (Lipinski definition) is 3. The van der Waals surface area contributed by atoms with Crippen LogP contribution in [0.25, 0.3) is 0 Å². The minimum absolute atomic E-state index is 0.404. The summed E-state index contributed by atoms with van der Waals surface area (Å²) in [4.78, 5) is 4.34. The van der Waals surface area contributed by atoms with Crippen LogP contribution < -0.4 is 5.32 Å². The van der Waals surface area contributed by atoms with Crippen LogP contribution in [0.15, 0.2) is 6.33 Å². The molecule has 1 heterocycles. The monoisotopic (exact) mass is 222 g/mol. The molecule has 0 bridgehead atoms. The van der Waals surface area contributed by atoms with E-state index in [4.69, 9.17) is 0 Å². The molecule has 0 amide bonds. The standard InChI is InChI=1S/C12H22N4/c1-9(2)16-12(14-8-15-16)6-10(3)7-13-11-4-5-11/h8-11,13H,4-7H2,1-3H3. The predicted molar refractivity (Wildman–Crippen MR) is 64.3 cm³/mol. The van der Waals surface area contributed by atoms with Crippen molar-refractivity contribution in [2.45, 2.75) is 52.1 Å². The minimum atomic E-state index is 0.404. The zero-order valence-electron chi connectivity index (χ0n) is 10.5. The molecular weight excluding hydrogens is 200 g/mol. The molecule has 1 atom stereocenters. The highest BCUT2D eigenvalue weighted by atomic mass is 15.3. The van der Waals surface area contributed by atoms with Crippen LogP contribution in [0, 0.1) is 5.92 Å². The molecule has 1 aliphatic rings. The maximum atomic E-state index is 4.34. The molecule has 1 saturated carbocycles. The SMILES string of the molecule is CC(CNC1CC1)Cc1ncnn1C(C)C. The first-order chi connectivity index (χ1) is 7.66. The van der Waals surface area contributed by atoms with Gasteiger partial charge in [0, 0.05) is 18.5 Å². The Bertz CT molecular complexity index is 328. The molecule has 2 rings (SSSR count). The van der Waals surface area contributed by atoms with E-state index >= 15 is 0 Å². The average Bonchev–Trinajstić information content (AvgIpc) is 2.95. The van der Waals surface area contributed by atoms with Gasteiger partial charge >= 0.3 is 0 Å². The Morgan fingerprint density at radius 2 is 2.19 bits per heavy atom. The number of hydrogen-bond donors (Lipinski definition) is 1. The minimum Gasteiger partial charge on any atom is -0.314 e. The maximum absolute atomic E-state index is 4.34. The van der Waals surface area contributed by atoms with Gasteiger partial charge in [0.05, 0.1) is 0 Å². The fourth-order valence-electron chi connectivity index (χ4n) is 1.89. The second-order valence-electron chi connectivity index (χ2n) is 5.21. The molecule has 0 saturated heterocycles. The van der Waals surface area contributed by atoms with Gasteiger partial charge in [0.25, 0.3) is 0 Å². The van der Waals surface area contributed by atoms with Crippen molar-refractivity contribution in [2.75, 3.05) is 6.54 Å². The highest BCUT2D eigenvalue weighted by molar-refractivity contribution is 4.89. The van der Waals surface area contributed by atoms with Crippen molar-refractivity contribution in [3.8, 4) is 0 Å². The summed E-state index contributed by atoms with van der Waals surface area (Å²) in [6, 6.07) is 1.20. The van der Waals surface area contributed by atoms with E-state index in [2.05, 4.69) is 36.2 Å². The van der Waals surface area contributed by atoms with Crippen molar-refractivity contribution >= 4 is 0 Å². The van der Waals surface area contributed by atoms with Crippen LogP contribution in [-0.2, 0) is 6.42 Å². The zero-order valence-corrected chi connectivity index (χ0v) is 10.5. The third-order valence-electron chi connectivity index (χ3n) is 3.00. The topological polar surface area (TPSA) is 42.7 Å². The first-order valence-electron chi connectivity index (χ1n) is 6.28. The van der Waals surface area contributed by atoms with E-state index < -0.39 is 0 Å². The molecule has 1 fully saturated rings. The van der Waals surface area contributed by atoms with Crippen molar-refractivity contribution in [3.05, 3.63) is 12.2 Å². The van der Waals surface area contributed by atoms with Crippen molar-refractivity contribution < 1.29 is 0 Å². The summed E-state index contributed by atoms with van der Waals surface area (Å²) < 4.78 is 2.02. The van der Waals surface area contributed by atoms with Gasteiger partial charge < -0.3 is 5.32 Å². The van der Waals surface area contributed by atoms with Gasteiger partial charge in [-0.3, -0.25) is 0 Å². The molecule has 0 radical (unpaired) electrons. The Labute approximate surface area is 97.5 Å². The highest BCUT2D eigenvalue weighted by Gasteiger charge is 2.21. The Morgan fingerprint density at radius 1 is 1.44 bits per heavy atom. The fourth-order valence-corrected chi connectivity index (χ4v) is 1.89. The number of rotatable bonds is 6. The third kappa shape index (κ3) is 3.04. The van der Waals surface area contributed by atoms with Crippen molar-refractivity contribution in [3.63, 3.8) is 0 Å². The summed E-state index contributed by atoms with van der Waals surface area (Å²) in [5.74, 6) is 1.74. The summed E-state index contributed by atoms with van der Waals surface area (Å²) in [6.45, 7) is 7.65. The smallest absolute Gasteiger partial charge is 0.138 e. The predicted octanol–water partition coefficient (Wildman–Crippen LogP) is 1.79. The second-order valence-corrected chi connectivity index (χ2v) is 5.21. The molecule has 0 spiro atoms. The summed E-state index contributed by atoms with van der Waals surface area (Å²) in [6.07, 6.45) is 5.39. The van der Waals surface area contributed by atoms with E-state index in [0.29, 0.717) is 12.0 Å². The molecule has 1 aromatic heterocycles. The van der Waals surface area contributed by atoms with Crippen LogP contribution in [0.5, 0.6) is 0 Å². The lowest BCUT2D eigenvalue weighted by molar-refractivity contribution is 0.452. The van der Waals surface area contributed by atoms with Gasteiger partial charge in [-0.05, 0) is 39.2 Å². The van der Waals surface area contributed by atoms with Crippen LogP contribution in [0.1, 0.15) is 45.5 Å². The fraction of sp³-hybridized carbons (Fsp3) is 0.833. The van der Waals surface area contributed by atoms with Gasteiger partial charge in [0.15, 0.2) is 0 Å². The van der Waals surface area contributed by atoms with Crippen LogP contribution in [0.2, 0.25) is 0 Å². The van der Waals surface area contributed by atoms with E-state index in [0.717, 1.165) is 24.8 Å². The van der Waals surface area contributed by atoms with E-state index in [-0.39, 0.29) is 0 Å². The number of aromatic nitrogens is 3. The number of nitrogens with zero attached hydrogens (tertiary/aromatic N) is 3. The molecule has 1 aromatic rings. The average molecular weight is 222 g/mol. The molecular formula is C12H22N4. The first-order valence-corrected chi connectivity index (χ1v) is 6.28. The normalized spacial score (nSPS) is 18.0. The van der Waals surface area contributed by atoms with Crippen LogP contribution in [0.4, 0.5) is 0 Å². The zero-order chi connectivity index (χ0) is 11.5. The van der Waals surface area contributed by atoms with Gasteiger partial charge in [0.1, 0.15) is 12.2 Å². The Morgan fingerprint density at radius 3 is 2.81 bits per heavy atom. The largest absolute Gasteiger partial charge is 0.314 e. The van der Waals surface area contributed by atoms with Gasteiger partial charge in [0.2, 0.25) is 0 Å². The van der Waals surface area contributed by atoms with Crippen molar-refractivity contribution in [2.24, 2.45) is 5.92 Å². The highest BCUT2D eigenvalue weighted by Crippen LogP contribution is 2.19. The van der Waals surface area contributed by atoms with Crippen molar-refractivity contribution in [1.82, 2.24) is 20.1 Å². The molecule has 4 heteroatoms. The Hall–Kier alpha value is -0.900. The van der Waals surface area contributed by atoms with E-state index in [1.54, 1.807) is 6.33 Å². The lowest BCUT2D eigenvalue weighted by Crippen LogP contribution is -2.25. The molecule has 1 unspecified atom stereocenters. The van der Waals surface area contributed by atoms with E-state index in [1.165, 1.54) is 12.8 Å². The summed E-state index contributed by atoms with van der Waals surface area (Å²) in [7, 11) is 0.